The molecule has 2 unspecified atom stereocenters. The molecule has 5 nitrogen and oxygen atoms in total. The second kappa shape index (κ2) is 9.63. The number of hydrogen-bond donors (Lipinski definition) is 2. The lowest BCUT2D eigenvalue weighted by Gasteiger charge is -2.30. The van der Waals surface area contributed by atoms with Crippen LogP contribution in [0.25, 0.3) is 0 Å². The summed E-state index contributed by atoms with van der Waals surface area (Å²) >= 11 is 0. The van der Waals surface area contributed by atoms with Crippen molar-refractivity contribution in [1.82, 2.24) is 10.6 Å². The topological polar surface area (TPSA) is 59.6 Å². The molecule has 2 atom stereocenters. The number of halogens is 1. The van der Waals surface area contributed by atoms with Crippen LogP contribution in [-0.4, -0.2) is 38.8 Å². The van der Waals surface area contributed by atoms with Crippen LogP contribution < -0.4 is 20.1 Å². The third-order valence-corrected chi connectivity index (χ3v) is 4.20. The maximum atomic E-state index is 12.1. The number of ether oxygens (including phenoxy) is 2. The van der Waals surface area contributed by atoms with Crippen molar-refractivity contribution in [3.05, 3.63) is 23.8 Å². The molecule has 130 valence electrons. The highest BCUT2D eigenvalue weighted by Gasteiger charge is 2.22. The van der Waals surface area contributed by atoms with Crippen LogP contribution in [0.15, 0.2) is 18.2 Å². The van der Waals surface area contributed by atoms with Crippen LogP contribution >= 0.6 is 12.4 Å². The van der Waals surface area contributed by atoms with Crippen LogP contribution in [0.4, 0.5) is 0 Å². The number of hydrogen-bond acceptors (Lipinski definition) is 4. The number of nitrogens with one attached hydrogen (secondary N) is 2. The minimum absolute atomic E-state index is 0. The number of methoxy groups -OCH3 is 2. The van der Waals surface area contributed by atoms with Gasteiger partial charge in [0.25, 0.3) is 0 Å². The van der Waals surface area contributed by atoms with Gasteiger partial charge in [0.2, 0.25) is 5.91 Å². The third-order valence-electron chi connectivity index (χ3n) is 4.20. The van der Waals surface area contributed by atoms with Gasteiger partial charge in [-0.1, -0.05) is 6.07 Å². The predicted molar refractivity (Wildman–Crippen MR) is 93.7 cm³/mol. The van der Waals surface area contributed by atoms with Gasteiger partial charge in [-0.05, 0) is 50.4 Å². The molecule has 1 amide bonds. The molecule has 1 aliphatic rings. The molecule has 2 N–H and O–H groups in total. The molecule has 1 aromatic rings. The molecule has 0 aromatic heterocycles. The van der Waals surface area contributed by atoms with Crippen molar-refractivity contribution in [3.63, 3.8) is 0 Å². The van der Waals surface area contributed by atoms with Crippen LogP contribution in [0.3, 0.4) is 0 Å². The lowest BCUT2D eigenvalue weighted by Crippen LogP contribution is -2.51. The molecular formula is C17H27ClN2O3. The Morgan fingerprint density at radius 2 is 2.04 bits per heavy atom. The molecular weight excluding hydrogens is 316 g/mol. The molecule has 1 heterocycles. The van der Waals surface area contributed by atoms with Crippen LogP contribution in [0, 0.1) is 0 Å². The van der Waals surface area contributed by atoms with E-state index in [1.807, 2.05) is 18.2 Å². The van der Waals surface area contributed by atoms with E-state index in [1.54, 1.807) is 14.2 Å². The fraction of sp³-hybridized carbons (Fsp3) is 0.588. The first kappa shape index (κ1) is 19.6. The van der Waals surface area contributed by atoms with Gasteiger partial charge in [-0.15, -0.1) is 12.4 Å². The standard InChI is InChI=1S/C17H26N2O3.ClH/c1-12-14(5-4-10-18-12)19-17(20)9-7-13-6-8-15(21-2)16(11-13)22-3;/h6,8,11-12,14,18H,4-5,7,9-10H2,1-3H3,(H,19,20);1H. The summed E-state index contributed by atoms with van der Waals surface area (Å²) in [6.07, 6.45) is 3.35. The zero-order chi connectivity index (χ0) is 15.9. The Balaban J connectivity index is 0.00000264. The average molecular weight is 343 g/mol. The molecule has 1 aliphatic heterocycles. The van der Waals surface area contributed by atoms with E-state index in [-0.39, 0.29) is 24.4 Å². The van der Waals surface area contributed by atoms with E-state index < -0.39 is 0 Å². The van der Waals surface area contributed by atoms with Gasteiger partial charge in [-0.3, -0.25) is 4.79 Å². The summed E-state index contributed by atoms with van der Waals surface area (Å²) in [5, 5.41) is 6.53. The summed E-state index contributed by atoms with van der Waals surface area (Å²) in [6, 6.07) is 6.36. The van der Waals surface area contributed by atoms with E-state index in [9.17, 15) is 4.79 Å². The van der Waals surface area contributed by atoms with Crippen molar-refractivity contribution < 1.29 is 14.3 Å². The maximum absolute atomic E-state index is 12.1. The second-order valence-corrected chi connectivity index (χ2v) is 5.75. The zero-order valence-corrected chi connectivity index (χ0v) is 14.9. The van der Waals surface area contributed by atoms with Gasteiger partial charge in [0.15, 0.2) is 11.5 Å². The number of carbonyl (C=O) groups is 1. The summed E-state index contributed by atoms with van der Waals surface area (Å²) < 4.78 is 10.5. The highest BCUT2D eigenvalue weighted by molar-refractivity contribution is 5.85. The Morgan fingerprint density at radius 1 is 1.30 bits per heavy atom. The fourth-order valence-electron chi connectivity index (χ4n) is 2.81. The highest BCUT2D eigenvalue weighted by Crippen LogP contribution is 2.27. The van der Waals surface area contributed by atoms with E-state index in [0.29, 0.717) is 30.4 Å². The molecule has 0 bridgehead atoms. The molecule has 2 rings (SSSR count). The van der Waals surface area contributed by atoms with Crippen molar-refractivity contribution in [2.75, 3.05) is 20.8 Å². The van der Waals surface area contributed by atoms with Crippen molar-refractivity contribution in [2.45, 2.75) is 44.7 Å². The molecule has 1 saturated heterocycles. The van der Waals surface area contributed by atoms with Crippen LogP contribution in [0.1, 0.15) is 31.7 Å². The first-order chi connectivity index (χ1) is 10.6. The van der Waals surface area contributed by atoms with Gasteiger partial charge in [0.1, 0.15) is 0 Å². The SMILES string of the molecule is COc1ccc(CCC(=O)NC2CCCNC2C)cc1OC.Cl. The smallest absolute Gasteiger partial charge is 0.220 e. The number of amides is 1. The fourth-order valence-corrected chi connectivity index (χ4v) is 2.81. The minimum atomic E-state index is 0. The summed E-state index contributed by atoms with van der Waals surface area (Å²) in [5.41, 5.74) is 1.07. The van der Waals surface area contributed by atoms with Gasteiger partial charge in [0, 0.05) is 18.5 Å². The Morgan fingerprint density at radius 3 is 2.70 bits per heavy atom. The van der Waals surface area contributed by atoms with Crippen molar-refractivity contribution in [2.24, 2.45) is 0 Å². The summed E-state index contributed by atoms with van der Waals surface area (Å²) in [7, 11) is 3.23. The Kier molecular flexibility index (Phi) is 8.20. The van der Waals surface area contributed by atoms with E-state index in [2.05, 4.69) is 17.6 Å². The molecule has 1 aromatic carbocycles. The average Bonchev–Trinajstić information content (AvgIpc) is 2.54. The van der Waals surface area contributed by atoms with Gasteiger partial charge in [0.05, 0.1) is 14.2 Å². The Labute approximate surface area is 144 Å². The van der Waals surface area contributed by atoms with Crippen molar-refractivity contribution in [1.29, 1.82) is 0 Å². The van der Waals surface area contributed by atoms with Gasteiger partial charge < -0.3 is 20.1 Å². The minimum Gasteiger partial charge on any atom is -0.493 e. The van der Waals surface area contributed by atoms with E-state index >= 15 is 0 Å². The monoisotopic (exact) mass is 342 g/mol. The quantitative estimate of drug-likeness (QED) is 0.833. The van der Waals surface area contributed by atoms with Crippen LogP contribution in [-0.2, 0) is 11.2 Å². The molecule has 6 heteroatoms. The summed E-state index contributed by atoms with van der Waals surface area (Å²) in [5.74, 6) is 1.51. The first-order valence-corrected chi connectivity index (χ1v) is 7.87. The first-order valence-electron chi connectivity index (χ1n) is 7.87. The predicted octanol–water partition coefficient (Wildman–Crippen LogP) is 2.31. The Hall–Kier alpha value is -1.46. The second-order valence-electron chi connectivity index (χ2n) is 5.75. The molecule has 0 saturated carbocycles. The summed E-state index contributed by atoms with van der Waals surface area (Å²) in [6.45, 7) is 3.16. The molecule has 0 radical (unpaired) electrons. The van der Waals surface area contributed by atoms with Crippen LogP contribution in [0.5, 0.6) is 11.5 Å². The summed E-state index contributed by atoms with van der Waals surface area (Å²) in [4.78, 5) is 12.1. The lowest BCUT2D eigenvalue weighted by atomic mass is 9.99. The molecule has 1 fully saturated rings. The Bertz CT molecular complexity index is 511. The van der Waals surface area contributed by atoms with E-state index in [4.69, 9.17) is 9.47 Å². The highest BCUT2D eigenvalue weighted by atomic mass is 35.5. The van der Waals surface area contributed by atoms with E-state index in [0.717, 1.165) is 24.9 Å². The molecule has 0 aliphatic carbocycles. The largest absolute Gasteiger partial charge is 0.493 e. The molecule has 0 spiro atoms. The number of piperidine rings is 1. The maximum Gasteiger partial charge on any atom is 0.220 e. The number of benzene rings is 1. The van der Waals surface area contributed by atoms with Crippen molar-refractivity contribution in [3.8, 4) is 11.5 Å². The normalized spacial score (nSPS) is 20.3. The third kappa shape index (κ3) is 5.59. The van der Waals surface area contributed by atoms with Crippen LogP contribution in [0.2, 0.25) is 0 Å². The van der Waals surface area contributed by atoms with E-state index in [1.165, 1.54) is 0 Å². The zero-order valence-electron chi connectivity index (χ0n) is 14.1. The number of aryl methyl sites for hydroxylation is 1. The lowest BCUT2D eigenvalue weighted by molar-refractivity contribution is -0.122. The van der Waals surface area contributed by atoms with Gasteiger partial charge in [-0.25, -0.2) is 0 Å². The van der Waals surface area contributed by atoms with Gasteiger partial charge in [-0.2, -0.15) is 0 Å². The number of carbonyl (C=O) groups excluding carboxylic acids is 1. The number of rotatable bonds is 6. The van der Waals surface area contributed by atoms with Crippen molar-refractivity contribution >= 4 is 18.3 Å². The molecule has 23 heavy (non-hydrogen) atoms. The van der Waals surface area contributed by atoms with Gasteiger partial charge >= 0.3 is 0 Å².